The average molecular weight is 263 g/mol. The second kappa shape index (κ2) is 5.21. The van der Waals surface area contributed by atoms with E-state index in [1.54, 1.807) is 6.20 Å². The van der Waals surface area contributed by atoms with Crippen LogP contribution in [0.25, 0.3) is 10.8 Å². The van der Waals surface area contributed by atoms with Gasteiger partial charge in [-0.15, -0.1) is 0 Å². The minimum absolute atomic E-state index is 0.765. The summed E-state index contributed by atoms with van der Waals surface area (Å²) in [4.78, 5) is 4.11. The highest BCUT2D eigenvalue weighted by molar-refractivity contribution is 5.98. The molecule has 3 N–H and O–H groups in total. The maximum absolute atomic E-state index is 6.22. The lowest BCUT2D eigenvalue weighted by molar-refractivity contribution is 1.15. The van der Waals surface area contributed by atoms with E-state index >= 15 is 0 Å². The Morgan fingerprint density at radius 1 is 1.05 bits per heavy atom. The molecule has 0 aliphatic carbocycles. The van der Waals surface area contributed by atoms with Crippen LogP contribution in [0.4, 0.5) is 11.4 Å². The number of rotatable bonds is 3. The number of nitrogens with zero attached hydrogens (tertiary/aromatic N) is 1. The maximum atomic E-state index is 6.22. The van der Waals surface area contributed by atoms with Crippen molar-refractivity contribution in [2.45, 2.75) is 13.5 Å². The van der Waals surface area contributed by atoms with E-state index in [0.717, 1.165) is 28.7 Å². The first kappa shape index (κ1) is 12.5. The van der Waals surface area contributed by atoms with E-state index < -0.39 is 0 Å². The van der Waals surface area contributed by atoms with Crippen molar-refractivity contribution in [3.8, 4) is 0 Å². The monoisotopic (exact) mass is 263 g/mol. The van der Waals surface area contributed by atoms with Gasteiger partial charge in [0, 0.05) is 29.7 Å². The molecule has 0 aliphatic rings. The number of nitrogens with one attached hydrogen (secondary N) is 1. The largest absolute Gasteiger partial charge is 0.397 e. The van der Waals surface area contributed by atoms with Crippen LogP contribution < -0.4 is 11.1 Å². The summed E-state index contributed by atoms with van der Waals surface area (Å²) in [7, 11) is 0. The highest BCUT2D eigenvalue weighted by atomic mass is 14.9. The van der Waals surface area contributed by atoms with Crippen molar-refractivity contribution in [2.24, 2.45) is 0 Å². The molecular weight excluding hydrogens is 246 g/mol. The molecule has 0 unspecified atom stereocenters. The van der Waals surface area contributed by atoms with Crippen LogP contribution in [0.2, 0.25) is 0 Å². The van der Waals surface area contributed by atoms with Crippen LogP contribution in [0, 0.1) is 6.92 Å². The first-order valence-electron chi connectivity index (χ1n) is 6.65. The summed E-state index contributed by atoms with van der Waals surface area (Å²) >= 11 is 0. The quantitative estimate of drug-likeness (QED) is 0.708. The lowest BCUT2D eigenvalue weighted by Gasteiger charge is -2.11. The second-order valence-corrected chi connectivity index (χ2v) is 4.96. The van der Waals surface area contributed by atoms with Gasteiger partial charge in [0.1, 0.15) is 0 Å². The molecule has 0 spiro atoms. The number of benzene rings is 2. The molecule has 1 heterocycles. The predicted molar refractivity (Wildman–Crippen MR) is 84.7 cm³/mol. The topological polar surface area (TPSA) is 50.9 Å². The summed E-state index contributed by atoms with van der Waals surface area (Å²) < 4.78 is 0. The molecule has 100 valence electrons. The van der Waals surface area contributed by atoms with Gasteiger partial charge in [0.2, 0.25) is 0 Å². The van der Waals surface area contributed by atoms with Gasteiger partial charge >= 0.3 is 0 Å². The Kier molecular flexibility index (Phi) is 3.25. The third-order valence-electron chi connectivity index (χ3n) is 3.47. The number of pyridine rings is 1. The molecular formula is C17H17N3. The number of fused-ring (bicyclic) bond motifs is 1. The van der Waals surface area contributed by atoms with Crippen LogP contribution in [0.15, 0.2) is 54.9 Å². The van der Waals surface area contributed by atoms with Crippen LogP contribution in [-0.2, 0) is 6.54 Å². The summed E-state index contributed by atoms with van der Waals surface area (Å²) in [5.41, 5.74) is 10.5. The number of aryl methyl sites for hydroxylation is 1. The fourth-order valence-corrected chi connectivity index (χ4v) is 2.25. The molecule has 0 bridgehead atoms. The Morgan fingerprint density at radius 2 is 1.85 bits per heavy atom. The molecule has 0 saturated heterocycles. The van der Waals surface area contributed by atoms with Crippen LogP contribution in [-0.4, -0.2) is 4.98 Å². The fraction of sp³-hybridized carbons (Fsp3) is 0.118. The van der Waals surface area contributed by atoms with E-state index in [9.17, 15) is 0 Å². The minimum Gasteiger partial charge on any atom is -0.397 e. The normalized spacial score (nSPS) is 10.7. The van der Waals surface area contributed by atoms with Crippen molar-refractivity contribution in [3.05, 3.63) is 66.0 Å². The molecule has 0 fully saturated rings. The molecule has 1 aromatic heterocycles. The Balaban J connectivity index is 1.84. The molecule has 0 radical (unpaired) electrons. The molecule has 3 rings (SSSR count). The molecule has 3 nitrogen and oxygen atoms in total. The van der Waals surface area contributed by atoms with Crippen molar-refractivity contribution in [1.82, 2.24) is 4.98 Å². The third kappa shape index (κ3) is 2.43. The zero-order valence-electron chi connectivity index (χ0n) is 11.4. The minimum atomic E-state index is 0.765. The summed E-state index contributed by atoms with van der Waals surface area (Å²) in [5, 5.41) is 5.49. The highest BCUT2D eigenvalue weighted by Gasteiger charge is 2.04. The molecule has 3 aromatic rings. The molecule has 2 aromatic carbocycles. The lowest BCUT2D eigenvalue weighted by Crippen LogP contribution is -2.03. The van der Waals surface area contributed by atoms with Gasteiger partial charge in [-0.2, -0.15) is 0 Å². The number of nitrogen functional groups attached to an aromatic ring is 1. The van der Waals surface area contributed by atoms with E-state index in [1.807, 2.05) is 24.4 Å². The molecule has 0 amide bonds. The number of aromatic nitrogens is 1. The van der Waals surface area contributed by atoms with Crippen LogP contribution >= 0.6 is 0 Å². The lowest BCUT2D eigenvalue weighted by atomic mass is 10.1. The molecule has 20 heavy (non-hydrogen) atoms. The molecule has 0 atom stereocenters. The number of hydrogen-bond acceptors (Lipinski definition) is 3. The second-order valence-electron chi connectivity index (χ2n) is 4.96. The Bertz CT molecular complexity index is 733. The van der Waals surface area contributed by atoms with Crippen molar-refractivity contribution >= 4 is 22.1 Å². The fourth-order valence-electron chi connectivity index (χ4n) is 2.25. The third-order valence-corrected chi connectivity index (χ3v) is 3.47. The number of anilines is 2. The summed E-state index contributed by atoms with van der Waals surface area (Å²) in [6.07, 6.45) is 3.60. The van der Waals surface area contributed by atoms with Gasteiger partial charge in [-0.1, -0.05) is 35.9 Å². The summed E-state index contributed by atoms with van der Waals surface area (Å²) in [6.45, 7) is 2.85. The predicted octanol–water partition coefficient (Wildman–Crippen LogP) is 3.74. The highest BCUT2D eigenvalue weighted by Crippen LogP contribution is 2.28. The van der Waals surface area contributed by atoms with E-state index in [4.69, 9.17) is 5.73 Å². The maximum Gasteiger partial charge on any atom is 0.0630 e. The summed E-state index contributed by atoms with van der Waals surface area (Å²) in [5.74, 6) is 0. The van der Waals surface area contributed by atoms with E-state index in [2.05, 4.69) is 41.5 Å². The van der Waals surface area contributed by atoms with Gasteiger partial charge in [0.05, 0.1) is 11.4 Å². The van der Waals surface area contributed by atoms with Gasteiger partial charge in [-0.25, -0.2) is 0 Å². The van der Waals surface area contributed by atoms with Crippen LogP contribution in [0.3, 0.4) is 0 Å². The summed E-state index contributed by atoms with van der Waals surface area (Å²) in [6, 6.07) is 14.5. The van der Waals surface area contributed by atoms with Crippen LogP contribution in [0.5, 0.6) is 0 Å². The zero-order chi connectivity index (χ0) is 13.9. The van der Waals surface area contributed by atoms with Crippen molar-refractivity contribution in [3.63, 3.8) is 0 Å². The number of hydrogen-bond donors (Lipinski definition) is 2. The van der Waals surface area contributed by atoms with Gasteiger partial charge in [-0.3, -0.25) is 4.98 Å². The average Bonchev–Trinajstić information content (AvgIpc) is 2.49. The Hall–Kier alpha value is -2.55. The van der Waals surface area contributed by atoms with Gasteiger partial charge in [0.15, 0.2) is 0 Å². The Labute approximate surface area is 118 Å². The first-order valence-corrected chi connectivity index (χ1v) is 6.65. The van der Waals surface area contributed by atoms with E-state index in [0.29, 0.717) is 0 Å². The smallest absolute Gasteiger partial charge is 0.0630 e. The van der Waals surface area contributed by atoms with E-state index in [-0.39, 0.29) is 0 Å². The zero-order valence-corrected chi connectivity index (χ0v) is 11.4. The molecule has 3 heteroatoms. The standard InChI is InChI=1S/C17H17N3/c1-12-2-4-13(5-3-12)10-20-16-7-6-14-11-19-9-8-15(14)17(16)18/h2-9,11,20H,10,18H2,1H3. The van der Waals surface area contributed by atoms with Crippen molar-refractivity contribution in [2.75, 3.05) is 11.1 Å². The molecule has 0 saturated carbocycles. The SMILES string of the molecule is Cc1ccc(CNc2ccc3cnccc3c2N)cc1. The number of nitrogens with two attached hydrogens (primary N) is 1. The van der Waals surface area contributed by atoms with Gasteiger partial charge in [-0.05, 0) is 24.6 Å². The van der Waals surface area contributed by atoms with Crippen molar-refractivity contribution in [1.29, 1.82) is 0 Å². The van der Waals surface area contributed by atoms with Crippen LogP contribution in [0.1, 0.15) is 11.1 Å². The molecule has 0 aliphatic heterocycles. The van der Waals surface area contributed by atoms with Crippen molar-refractivity contribution < 1.29 is 0 Å². The van der Waals surface area contributed by atoms with E-state index in [1.165, 1.54) is 11.1 Å². The van der Waals surface area contributed by atoms with Gasteiger partial charge in [0.25, 0.3) is 0 Å². The Morgan fingerprint density at radius 3 is 2.65 bits per heavy atom. The first-order chi connectivity index (χ1) is 9.74. The van der Waals surface area contributed by atoms with Gasteiger partial charge < -0.3 is 11.1 Å².